The molecule has 0 amide bonds. The highest BCUT2D eigenvalue weighted by Gasteiger charge is 2.03. The molecule has 0 spiro atoms. The van der Waals surface area contributed by atoms with Crippen molar-refractivity contribution in [3.8, 4) is 5.75 Å². The average Bonchev–Trinajstić information content (AvgIpc) is 2.64. The summed E-state index contributed by atoms with van der Waals surface area (Å²) in [6.07, 6.45) is 0. The van der Waals surface area contributed by atoms with E-state index in [2.05, 4.69) is 26.1 Å². The first kappa shape index (κ1) is 9.97. The van der Waals surface area contributed by atoms with Crippen LogP contribution in [0.3, 0.4) is 0 Å². The molecule has 0 fully saturated rings. The molecule has 2 aromatic rings. The number of hydrogen-bond acceptors (Lipinski definition) is 5. The number of nitrogens with zero attached hydrogens (tertiary/aromatic N) is 2. The Hall–Kier alpha value is -1.56. The van der Waals surface area contributed by atoms with Crippen LogP contribution < -0.4 is 10.5 Å². The maximum atomic E-state index is 5.39. The highest BCUT2D eigenvalue weighted by molar-refractivity contribution is 9.10. The number of ether oxygens (including phenoxy) is 1. The molecule has 5 nitrogen and oxygen atoms in total. The van der Waals surface area contributed by atoms with Crippen molar-refractivity contribution in [2.45, 2.75) is 6.61 Å². The fourth-order valence-corrected chi connectivity index (χ4v) is 1.27. The first-order valence-corrected chi connectivity index (χ1v) is 4.99. The molecule has 0 aliphatic heterocycles. The van der Waals surface area contributed by atoms with Crippen LogP contribution in [0.2, 0.25) is 0 Å². The van der Waals surface area contributed by atoms with Crippen molar-refractivity contribution < 1.29 is 9.15 Å². The SMILES string of the molecule is Nc1nnc(COc2ccc(Br)cc2)o1. The minimum absolute atomic E-state index is 0.0457. The molecule has 6 heteroatoms. The second kappa shape index (κ2) is 4.31. The summed E-state index contributed by atoms with van der Waals surface area (Å²) in [5.74, 6) is 1.09. The average molecular weight is 270 g/mol. The monoisotopic (exact) mass is 269 g/mol. The molecular formula is C9H8BrN3O2. The van der Waals surface area contributed by atoms with E-state index in [1.165, 1.54) is 0 Å². The zero-order valence-electron chi connectivity index (χ0n) is 7.68. The normalized spacial score (nSPS) is 10.2. The number of aromatic nitrogens is 2. The van der Waals surface area contributed by atoms with Crippen LogP contribution in [-0.2, 0) is 6.61 Å². The summed E-state index contributed by atoms with van der Waals surface area (Å²) >= 11 is 3.33. The van der Waals surface area contributed by atoms with E-state index in [-0.39, 0.29) is 12.6 Å². The predicted molar refractivity (Wildman–Crippen MR) is 57.2 cm³/mol. The summed E-state index contributed by atoms with van der Waals surface area (Å²) in [4.78, 5) is 0. The number of rotatable bonds is 3. The Morgan fingerprint density at radius 3 is 2.60 bits per heavy atom. The van der Waals surface area contributed by atoms with Gasteiger partial charge in [0, 0.05) is 4.47 Å². The third-order valence-electron chi connectivity index (χ3n) is 1.66. The van der Waals surface area contributed by atoms with Gasteiger partial charge in [-0.3, -0.25) is 0 Å². The number of hydrogen-bond donors (Lipinski definition) is 1. The minimum atomic E-state index is 0.0457. The maximum Gasteiger partial charge on any atom is 0.312 e. The Morgan fingerprint density at radius 2 is 2.00 bits per heavy atom. The van der Waals surface area contributed by atoms with Crippen molar-refractivity contribution in [2.75, 3.05) is 5.73 Å². The summed E-state index contributed by atoms with van der Waals surface area (Å²) in [7, 11) is 0. The molecule has 0 unspecified atom stereocenters. The maximum absolute atomic E-state index is 5.39. The van der Waals surface area contributed by atoms with E-state index >= 15 is 0 Å². The molecule has 1 aromatic carbocycles. The Labute approximate surface area is 94.4 Å². The molecule has 2 rings (SSSR count). The van der Waals surface area contributed by atoms with Crippen LogP contribution in [0, 0.1) is 0 Å². The zero-order valence-corrected chi connectivity index (χ0v) is 9.27. The molecule has 0 saturated heterocycles. The van der Waals surface area contributed by atoms with E-state index in [0.717, 1.165) is 10.2 Å². The lowest BCUT2D eigenvalue weighted by atomic mass is 10.3. The lowest BCUT2D eigenvalue weighted by molar-refractivity contribution is 0.265. The Bertz CT molecular complexity index is 441. The minimum Gasteiger partial charge on any atom is -0.484 e. The Morgan fingerprint density at radius 1 is 1.27 bits per heavy atom. The van der Waals surface area contributed by atoms with Gasteiger partial charge in [0.05, 0.1) is 0 Å². The van der Waals surface area contributed by atoms with Gasteiger partial charge >= 0.3 is 6.01 Å². The first-order valence-electron chi connectivity index (χ1n) is 4.20. The zero-order chi connectivity index (χ0) is 10.7. The molecule has 0 aliphatic carbocycles. The van der Waals surface area contributed by atoms with Gasteiger partial charge in [-0.2, -0.15) is 0 Å². The standard InChI is InChI=1S/C9H8BrN3O2/c10-6-1-3-7(4-2-6)14-5-8-12-13-9(11)15-8/h1-4H,5H2,(H2,11,13). The fourth-order valence-electron chi connectivity index (χ4n) is 1.00. The molecule has 1 aromatic heterocycles. The summed E-state index contributed by atoms with van der Waals surface area (Å²) in [6, 6.07) is 7.49. The van der Waals surface area contributed by atoms with E-state index in [9.17, 15) is 0 Å². The molecule has 0 radical (unpaired) electrons. The highest BCUT2D eigenvalue weighted by atomic mass is 79.9. The van der Waals surface area contributed by atoms with Gasteiger partial charge in [-0.05, 0) is 24.3 Å². The van der Waals surface area contributed by atoms with Crippen LogP contribution in [0.1, 0.15) is 5.89 Å². The number of halogens is 1. The van der Waals surface area contributed by atoms with Crippen LogP contribution in [0.25, 0.3) is 0 Å². The second-order valence-corrected chi connectivity index (χ2v) is 3.69. The van der Waals surface area contributed by atoms with Gasteiger partial charge in [-0.1, -0.05) is 21.0 Å². The quantitative estimate of drug-likeness (QED) is 0.923. The van der Waals surface area contributed by atoms with Crippen molar-refractivity contribution in [3.05, 3.63) is 34.6 Å². The Balaban J connectivity index is 1.96. The van der Waals surface area contributed by atoms with Crippen molar-refractivity contribution in [1.29, 1.82) is 0 Å². The number of nitrogens with two attached hydrogens (primary N) is 1. The first-order chi connectivity index (χ1) is 7.24. The molecule has 0 aliphatic rings. The smallest absolute Gasteiger partial charge is 0.312 e. The van der Waals surface area contributed by atoms with Gasteiger partial charge in [-0.25, -0.2) is 0 Å². The predicted octanol–water partition coefficient (Wildman–Crippen LogP) is 1.99. The summed E-state index contributed by atoms with van der Waals surface area (Å²) in [5, 5.41) is 7.19. The summed E-state index contributed by atoms with van der Waals surface area (Å²) in [6.45, 7) is 0.214. The molecule has 2 N–H and O–H groups in total. The van der Waals surface area contributed by atoms with Crippen LogP contribution in [-0.4, -0.2) is 10.2 Å². The van der Waals surface area contributed by atoms with Crippen molar-refractivity contribution >= 4 is 21.9 Å². The van der Waals surface area contributed by atoms with E-state index < -0.39 is 0 Å². The molecule has 0 bridgehead atoms. The fraction of sp³-hybridized carbons (Fsp3) is 0.111. The van der Waals surface area contributed by atoms with E-state index in [1.807, 2.05) is 24.3 Å². The topological polar surface area (TPSA) is 74.2 Å². The summed E-state index contributed by atoms with van der Waals surface area (Å²) < 4.78 is 11.3. The van der Waals surface area contributed by atoms with Crippen molar-refractivity contribution in [1.82, 2.24) is 10.2 Å². The number of anilines is 1. The van der Waals surface area contributed by atoms with E-state index in [0.29, 0.717) is 5.89 Å². The highest BCUT2D eigenvalue weighted by Crippen LogP contribution is 2.17. The lowest BCUT2D eigenvalue weighted by Gasteiger charge is -2.02. The van der Waals surface area contributed by atoms with Crippen LogP contribution in [0.4, 0.5) is 6.01 Å². The molecule has 0 atom stereocenters. The van der Waals surface area contributed by atoms with Crippen LogP contribution >= 0.6 is 15.9 Å². The van der Waals surface area contributed by atoms with Crippen LogP contribution in [0.5, 0.6) is 5.75 Å². The summed E-state index contributed by atoms with van der Waals surface area (Å²) in [5.41, 5.74) is 5.27. The van der Waals surface area contributed by atoms with Gasteiger partial charge in [0.15, 0.2) is 6.61 Å². The third-order valence-corrected chi connectivity index (χ3v) is 2.19. The number of benzene rings is 1. The third kappa shape index (κ3) is 2.69. The molecule has 1 heterocycles. The van der Waals surface area contributed by atoms with Crippen molar-refractivity contribution in [2.24, 2.45) is 0 Å². The Kier molecular flexibility index (Phi) is 2.86. The van der Waals surface area contributed by atoms with Crippen LogP contribution in [0.15, 0.2) is 33.2 Å². The number of nitrogen functional groups attached to an aromatic ring is 1. The van der Waals surface area contributed by atoms with Gasteiger partial charge < -0.3 is 14.9 Å². The van der Waals surface area contributed by atoms with E-state index in [1.54, 1.807) is 0 Å². The molecule has 78 valence electrons. The van der Waals surface area contributed by atoms with Gasteiger partial charge in [-0.15, -0.1) is 5.10 Å². The van der Waals surface area contributed by atoms with Crippen molar-refractivity contribution in [3.63, 3.8) is 0 Å². The van der Waals surface area contributed by atoms with Gasteiger partial charge in [0.2, 0.25) is 0 Å². The lowest BCUT2D eigenvalue weighted by Crippen LogP contribution is -1.95. The molecular weight excluding hydrogens is 262 g/mol. The molecule has 0 saturated carbocycles. The second-order valence-electron chi connectivity index (χ2n) is 2.78. The van der Waals surface area contributed by atoms with E-state index in [4.69, 9.17) is 14.9 Å². The van der Waals surface area contributed by atoms with Gasteiger partial charge in [0.25, 0.3) is 5.89 Å². The molecule has 15 heavy (non-hydrogen) atoms. The largest absolute Gasteiger partial charge is 0.484 e. The van der Waals surface area contributed by atoms with Gasteiger partial charge in [0.1, 0.15) is 5.75 Å².